The maximum absolute atomic E-state index is 12.6. The first-order chi connectivity index (χ1) is 14.1. The molecule has 3 rings (SSSR count). The molecule has 0 aliphatic carbocycles. The zero-order valence-electron chi connectivity index (χ0n) is 16.8. The summed E-state index contributed by atoms with van der Waals surface area (Å²) in [7, 11) is 1.61. The van der Waals surface area contributed by atoms with Gasteiger partial charge in [0.05, 0.1) is 30.3 Å². The molecular formula is C21H28N4O3S. The molecular weight excluding hydrogens is 388 g/mol. The molecule has 0 unspecified atom stereocenters. The van der Waals surface area contributed by atoms with Gasteiger partial charge in [-0.05, 0) is 5.56 Å². The first-order valence-electron chi connectivity index (χ1n) is 9.87. The molecule has 1 saturated heterocycles. The number of hydrogen-bond donors (Lipinski definition) is 1. The van der Waals surface area contributed by atoms with E-state index in [1.165, 1.54) is 5.56 Å². The average Bonchev–Trinajstić information content (AvgIpc) is 3.16. The van der Waals surface area contributed by atoms with E-state index in [1.807, 2.05) is 28.5 Å². The maximum Gasteiger partial charge on any atom is 0.234 e. The highest BCUT2D eigenvalue weighted by Crippen LogP contribution is 2.16. The van der Waals surface area contributed by atoms with Gasteiger partial charge in [0.1, 0.15) is 0 Å². The van der Waals surface area contributed by atoms with Crippen LogP contribution in [-0.4, -0.2) is 79.6 Å². The smallest absolute Gasteiger partial charge is 0.234 e. The van der Waals surface area contributed by atoms with Crippen molar-refractivity contribution >= 4 is 23.2 Å². The summed E-state index contributed by atoms with van der Waals surface area (Å²) in [4.78, 5) is 33.1. The van der Waals surface area contributed by atoms with Crippen molar-refractivity contribution in [1.82, 2.24) is 20.1 Å². The minimum Gasteiger partial charge on any atom is -0.383 e. The van der Waals surface area contributed by atoms with Crippen LogP contribution >= 0.6 is 11.3 Å². The second-order valence-corrected chi connectivity index (χ2v) is 8.01. The molecule has 1 aliphatic rings. The number of carbonyl (C=O) groups is 2. The van der Waals surface area contributed by atoms with Gasteiger partial charge in [0, 0.05) is 51.6 Å². The Morgan fingerprint density at radius 1 is 1.17 bits per heavy atom. The number of aromatic nitrogens is 1. The summed E-state index contributed by atoms with van der Waals surface area (Å²) in [6.07, 6.45) is 1.13. The summed E-state index contributed by atoms with van der Waals surface area (Å²) in [5.41, 5.74) is 2.06. The van der Waals surface area contributed by atoms with Crippen molar-refractivity contribution in [3.8, 4) is 0 Å². The number of amides is 2. The summed E-state index contributed by atoms with van der Waals surface area (Å²) in [6.45, 7) is 4.10. The number of ether oxygens (including phenoxy) is 1. The predicted octanol–water partition coefficient (Wildman–Crippen LogP) is 1.18. The normalized spacial score (nSPS) is 14.7. The molecule has 0 saturated carbocycles. The van der Waals surface area contributed by atoms with Crippen LogP contribution in [0.5, 0.6) is 0 Å². The zero-order chi connectivity index (χ0) is 20.5. The molecule has 156 valence electrons. The van der Waals surface area contributed by atoms with Crippen LogP contribution in [0.1, 0.15) is 16.3 Å². The van der Waals surface area contributed by atoms with Gasteiger partial charge in [-0.2, -0.15) is 0 Å². The van der Waals surface area contributed by atoms with Gasteiger partial charge in [-0.25, -0.2) is 4.98 Å². The van der Waals surface area contributed by atoms with Crippen molar-refractivity contribution in [2.45, 2.75) is 12.8 Å². The number of benzene rings is 1. The topological polar surface area (TPSA) is 74.8 Å². The van der Waals surface area contributed by atoms with E-state index < -0.39 is 0 Å². The van der Waals surface area contributed by atoms with Crippen molar-refractivity contribution in [2.24, 2.45) is 0 Å². The molecule has 0 radical (unpaired) electrons. The van der Waals surface area contributed by atoms with Crippen LogP contribution < -0.4 is 5.32 Å². The number of nitrogens with one attached hydrogen (secondary N) is 1. The van der Waals surface area contributed by atoms with E-state index in [0.29, 0.717) is 52.3 Å². The fourth-order valence-electron chi connectivity index (χ4n) is 3.26. The van der Waals surface area contributed by atoms with E-state index in [1.54, 1.807) is 18.4 Å². The SMILES string of the molecule is COCCNC(=O)CN1CCN(C(=O)Cc2csc(Cc3ccccc3)n2)CC1. The Balaban J connectivity index is 1.40. The predicted molar refractivity (Wildman–Crippen MR) is 113 cm³/mol. The third-order valence-corrected chi connectivity index (χ3v) is 5.75. The molecule has 1 aliphatic heterocycles. The summed E-state index contributed by atoms with van der Waals surface area (Å²) in [5, 5.41) is 5.84. The Morgan fingerprint density at radius 2 is 1.93 bits per heavy atom. The lowest BCUT2D eigenvalue weighted by atomic mass is 10.2. The molecule has 0 atom stereocenters. The molecule has 2 amide bonds. The monoisotopic (exact) mass is 416 g/mol. The van der Waals surface area contributed by atoms with Crippen molar-refractivity contribution < 1.29 is 14.3 Å². The highest BCUT2D eigenvalue weighted by molar-refractivity contribution is 7.09. The largest absolute Gasteiger partial charge is 0.383 e. The van der Waals surface area contributed by atoms with E-state index in [4.69, 9.17) is 4.74 Å². The van der Waals surface area contributed by atoms with Gasteiger partial charge in [-0.15, -0.1) is 11.3 Å². The van der Waals surface area contributed by atoms with E-state index in [-0.39, 0.29) is 11.8 Å². The molecule has 2 aromatic rings. The molecule has 1 aromatic heterocycles. The number of methoxy groups -OCH3 is 1. The first kappa shape index (κ1) is 21.4. The highest BCUT2D eigenvalue weighted by atomic mass is 32.1. The van der Waals surface area contributed by atoms with E-state index >= 15 is 0 Å². The zero-order valence-corrected chi connectivity index (χ0v) is 17.6. The highest BCUT2D eigenvalue weighted by Gasteiger charge is 2.23. The number of nitrogens with zero attached hydrogens (tertiary/aromatic N) is 3. The summed E-state index contributed by atoms with van der Waals surface area (Å²) < 4.78 is 4.93. The van der Waals surface area contributed by atoms with E-state index in [2.05, 4.69) is 27.3 Å². The van der Waals surface area contributed by atoms with E-state index in [0.717, 1.165) is 17.1 Å². The van der Waals surface area contributed by atoms with Crippen LogP contribution in [0, 0.1) is 0 Å². The van der Waals surface area contributed by atoms with Crippen molar-refractivity contribution in [2.75, 3.05) is 53.0 Å². The maximum atomic E-state index is 12.6. The van der Waals surface area contributed by atoms with Crippen molar-refractivity contribution in [1.29, 1.82) is 0 Å². The second-order valence-electron chi connectivity index (χ2n) is 7.07. The van der Waals surface area contributed by atoms with Gasteiger partial charge in [-0.1, -0.05) is 30.3 Å². The van der Waals surface area contributed by atoms with Crippen LogP contribution in [-0.2, 0) is 27.2 Å². The lowest BCUT2D eigenvalue weighted by molar-refractivity contribution is -0.132. The van der Waals surface area contributed by atoms with Crippen LogP contribution in [0.25, 0.3) is 0 Å². The molecule has 7 nitrogen and oxygen atoms in total. The first-order valence-corrected chi connectivity index (χ1v) is 10.7. The van der Waals surface area contributed by atoms with Gasteiger partial charge in [0.2, 0.25) is 11.8 Å². The molecule has 29 heavy (non-hydrogen) atoms. The Kier molecular flexibility index (Phi) is 8.15. The number of carbonyl (C=O) groups excluding carboxylic acids is 2. The molecule has 0 spiro atoms. The molecule has 8 heteroatoms. The standard InChI is InChI=1S/C21H28N4O3S/c1-28-12-7-22-19(26)15-24-8-10-25(11-9-24)21(27)14-18-16-29-20(23-18)13-17-5-3-2-4-6-17/h2-6,16H,7-15H2,1H3,(H,22,26). The minimum absolute atomic E-state index is 0.00440. The van der Waals surface area contributed by atoms with Gasteiger partial charge in [-0.3, -0.25) is 14.5 Å². The Hall–Kier alpha value is -2.29. The van der Waals surface area contributed by atoms with Crippen LogP contribution in [0.2, 0.25) is 0 Å². The molecule has 1 aromatic carbocycles. The second kappa shape index (κ2) is 11.0. The Morgan fingerprint density at radius 3 is 2.66 bits per heavy atom. The summed E-state index contributed by atoms with van der Waals surface area (Å²) >= 11 is 1.60. The van der Waals surface area contributed by atoms with Gasteiger partial charge < -0.3 is 15.0 Å². The summed E-state index contributed by atoms with van der Waals surface area (Å²) in [5.74, 6) is 0.0982. The number of thiazole rings is 1. The fourth-order valence-corrected chi connectivity index (χ4v) is 4.08. The molecule has 1 fully saturated rings. The third-order valence-electron chi connectivity index (χ3n) is 4.85. The number of rotatable bonds is 9. The van der Waals surface area contributed by atoms with E-state index in [9.17, 15) is 9.59 Å². The van der Waals surface area contributed by atoms with Gasteiger partial charge >= 0.3 is 0 Å². The van der Waals surface area contributed by atoms with Crippen molar-refractivity contribution in [3.05, 3.63) is 52.0 Å². The fraction of sp³-hybridized carbons (Fsp3) is 0.476. The Bertz CT molecular complexity index is 788. The lowest BCUT2D eigenvalue weighted by Crippen LogP contribution is -2.51. The lowest BCUT2D eigenvalue weighted by Gasteiger charge is -2.34. The molecule has 0 bridgehead atoms. The summed E-state index contributed by atoms with van der Waals surface area (Å²) in [6, 6.07) is 10.2. The number of piperazine rings is 1. The quantitative estimate of drug-likeness (QED) is 0.622. The van der Waals surface area contributed by atoms with Crippen LogP contribution in [0.15, 0.2) is 35.7 Å². The number of hydrogen-bond acceptors (Lipinski definition) is 6. The Labute approximate surface area is 175 Å². The van der Waals surface area contributed by atoms with Crippen LogP contribution in [0.4, 0.5) is 0 Å². The van der Waals surface area contributed by atoms with Gasteiger partial charge in [0.15, 0.2) is 0 Å². The van der Waals surface area contributed by atoms with Crippen molar-refractivity contribution in [3.63, 3.8) is 0 Å². The average molecular weight is 417 g/mol. The van der Waals surface area contributed by atoms with Crippen LogP contribution in [0.3, 0.4) is 0 Å². The third kappa shape index (κ3) is 6.92. The molecule has 1 N–H and O–H groups in total. The van der Waals surface area contributed by atoms with Gasteiger partial charge in [0.25, 0.3) is 0 Å². The molecule has 2 heterocycles. The minimum atomic E-state index is -0.00440.